The molecule has 1 aromatic heterocycles. The highest BCUT2D eigenvalue weighted by atomic mass is 35.5. The first-order chi connectivity index (χ1) is 9.41. The molecule has 0 aliphatic carbocycles. The van der Waals surface area contributed by atoms with Crippen LogP contribution in [-0.2, 0) is 4.74 Å². The van der Waals surface area contributed by atoms with Crippen LogP contribution in [0.4, 0.5) is 0 Å². The van der Waals surface area contributed by atoms with Crippen LogP contribution in [0.15, 0.2) is 18.3 Å². The van der Waals surface area contributed by atoms with E-state index in [9.17, 15) is 4.79 Å². The van der Waals surface area contributed by atoms with E-state index in [1.807, 2.05) is 20.8 Å². The van der Waals surface area contributed by atoms with Crippen molar-refractivity contribution in [1.82, 2.24) is 15.3 Å². The summed E-state index contributed by atoms with van der Waals surface area (Å²) in [6.45, 7) is 10.8. The predicted octanol–water partition coefficient (Wildman–Crippen LogP) is 2.58. The normalized spacial score (nSPS) is 10.7. The smallest absolute Gasteiger partial charge is 0.271 e. The van der Waals surface area contributed by atoms with E-state index in [0.29, 0.717) is 25.6 Å². The van der Waals surface area contributed by atoms with Crippen molar-refractivity contribution < 1.29 is 9.53 Å². The Balaban J connectivity index is 2.54. The first-order valence-electron chi connectivity index (χ1n) is 6.44. The first kappa shape index (κ1) is 16.6. The number of ether oxygens (including phenoxy) is 1. The molecule has 0 bridgehead atoms. The van der Waals surface area contributed by atoms with Crippen LogP contribution in [0.2, 0.25) is 5.02 Å². The van der Waals surface area contributed by atoms with Crippen LogP contribution in [0.1, 0.15) is 43.0 Å². The lowest BCUT2D eigenvalue weighted by Crippen LogP contribution is -2.29. The number of nitrogens with one attached hydrogen (secondary N) is 1. The topological polar surface area (TPSA) is 64.1 Å². The third-order valence-corrected chi connectivity index (χ3v) is 2.65. The van der Waals surface area contributed by atoms with Gasteiger partial charge in [0.2, 0.25) is 0 Å². The van der Waals surface area contributed by atoms with Crippen LogP contribution < -0.4 is 5.32 Å². The Morgan fingerprint density at radius 1 is 1.55 bits per heavy atom. The summed E-state index contributed by atoms with van der Waals surface area (Å²) in [6.07, 6.45) is 1.45. The number of aromatic nitrogens is 2. The maximum atomic E-state index is 12.0. The van der Waals surface area contributed by atoms with Gasteiger partial charge in [0.15, 0.2) is 0 Å². The average molecular weight is 298 g/mol. The third-order valence-electron chi connectivity index (χ3n) is 2.37. The van der Waals surface area contributed by atoms with Crippen molar-refractivity contribution in [3.05, 3.63) is 34.9 Å². The van der Waals surface area contributed by atoms with Crippen molar-refractivity contribution in [2.75, 3.05) is 19.8 Å². The molecule has 1 N–H and O–H groups in total. The summed E-state index contributed by atoms with van der Waals surface area (Å²) in [6, 6.07) is 0. The summed E-state index contributed by atoms with van der Waals surface area (Å²) in [5.74, 6) is 0.411. The highest BCUT2D eigenvalue weighted by molar-refractivity contribution is 6.33. The Labute approximate surface area is 124 Å². The molecule has 0 atom stereocenters. The summed E-state index contributed by atoms with van der Waals surface area (Å²) < 4.78 is 5.29. The lowest BCUT2D eigenvalue weighted by atomic mass is 10.2. The Bertz CT molecular complexity index is 489. The zero-order valence-electron chi connectivity index (χ0n) is 12.1. The Hall–Kier alpha value is -1.46. The zero-order valence-corrected chi connectivity index (χ0v) is 12.8. The second-order valence-electron chi connectivity index (χ2n) is 4.85. The summed E-state index contributed by atoms with van der Waals surface area (Å²) >= 11 is 5.95. The first-order valence-corrected chi connectivity index (χ1v) is 6.82. The molecule has 6 heteroatoms. The number of amides is 1. The van der Waals surface area contributed by atoms with E-state index >= 15 is 0 Å². The average Bonchev–Trinajstić information content (AvgIpc) is 2.37. The molecule has 0 saturated heterocycles. The molecule has 0 fully saturated rings. The second-order valence-corrected chi connectivity index (χ2v) is 5.25. The van der Waals surface area contributed by atoms with Crippen molar-refractivity contribution in [2.45, 2.75) is 26.7 Å². The minimum atomic E-state index is -0.321. The molecule has 1 amide bonds. The quantitative estimate of drug-likeness (QED) is 0.620. The van der Waals surface area contributed by atoms with Crippen LogP contribution in [0.25, 0.3) is 0 Å². The van der Waals surface area contributed by atoms with E-state index < -0.39 is 0 Å². The van der Waals surface area contributed by atoms with Crippen LogP contribution in [0.5, 0.6) is 0 Å². The van der Waals surface area contributed by atoms with Crippen molar-refractivity contribution >= 4 is 17.5 Å². The Morgan fingerprint density at radius 3 is 2.85 bits per heavy atom. The molecular weight excluding hydrogens is 278 g/mol. The minimum absolute atomic E-state index is 0.137. The van der Waals surface area contributed by atoms with E-state index in [1.54, 1.807) is 0 Å². The van der Waals surface area contributed by atoms with Crippen LogP contribution >= 0.6 is 11.6 Å². The van der Waals surface area contributed by atoms with E-state index in [0.717, 1.165) is 5.57 Å². The lowest BCUT2D eigenvalue weighted by molar-refractivity contribution is 0.0921. The number of carbonyl (C=O) groups excluding carboxylic acids is 1. The lowest BCUT2D eigenvalue weighted by Gasteiger charge is -2.09. The molecule has 0 aliphatic heterocycles. The van der Waals surface area contributed by atoms with Gasteiger partial charge in [0.1, 0.15) is 11.5 Å². The number of hydrogen-bond acceptors (Lipinski definition) is 4. The van der Waals surface area contributed by atoms with E-state index in [-0.39, 0.29) is 22.5 Å². The van der Waals surface area contributed by atoms with Crippen LogP contribution in [0, 0.1) is 0 Å². The molecular formula is C14H20ClN3O2. The standard InChI is InChI=1S/C14H20ClN3O2/c1-9(2)8-20-6-5-16-14(19)12-11(15)7-17-13(18-12)10(3)4/h7,10H,1,5-6,8H2,2-4H3,(H,16,19). The van der Waals surface area contributed by atoms with E-state index in [2.05, 4.69) is 21.9 Å². The van der Waals surface area contributed by atoms with E-state index in [4.69, 9.17) is 16.3 Å². The SMILES string of the molecule is C=C(C)COCCNC(=O)c1nc(C(C)C)ncc1Cl. The molecule has 0 spiro atoms. The maximum absolute atomic E-state index is 12.0. The highest BCUT2D eigenvalue weighted by Gasteiger charge is 2.14. The molecule has 0 radical (unpaired) electrons. The fourth-order valence-corrected chi connectivity index (χ4v) is 1.56. The number of nitrogens with zero attached hydrogens (tertiary/aromatic N) is 2. The molecule has 0 saturated carbocycles. The largest absolute Gasteiger partial charge is 0.375 e. The fourth-order valence-electron chi connectivity index (χ4n) is 1.39. The van der Waals surface area contributed by atoms with Gasteiger partial charge in [-0.15, -0.1) is 0 Å². The third kappa shape index (κ3) is 5.27. The van der Waals surface area contributed by atoms with Gasteiger partial charge in [-0.3, -0.25) is 4.79 Å². The molecule has 0 aliphatic rings. The zero-order chi connectivity index (χ0) is 15.1. The second kappa shape index (κ2) is 7.97. The molecule has 0 unspecified atom stereocenters. The van der Waals surface area contributed by atoms with Gasteiger partial charge in [0, 0.05) is 12.5 Å². The van der Waals surface area contributed by atoms with Gasteiger partial charge in [0.05, 0.1) is 24.4 Å². The van der Waals surface area contributed by atoms with Gasteiger partial charge in [-0.2, -0.15) is 0 Å². The van der Waals surface area contributed by atoms with Gasteiger partial charge in [-0.05, 0) is 6.92 Å². The van der Waals surface area contributed by atoms with Gasteiger partial charge in [-0.1, -0.05) is 37.6 Å². The van der Waals surface area contributed by atoms with Crippen LogP contribution in [-0.4, -0.2) is 35.6 Å². The maximum Gasteiger partial charge on any atom is 0.271 e. The Morgan fingerprint density at radius 2 is 2.25 bits per heavy atom. The van der Waals surface area contributed by atoms with Gasteiger partial charge in [-0.25, -0.2) is 9.97 Å². The Kier molecular flexibility index (Phi) is 6.61. The van der Waals surface area contributed by atoms with Crippen molar-refractivity contribution in [3.8, 4) is 0 Å². The number of halogens is 1. The predicted molar refractivity (Wildman–Crippen MR) is 79.1 cm³/mol. The number of carbonyl (C=O) groups is 1. The molecule has 110 valence electrons. The molecule has 0 aromatic carbocycles. The molecule has 5 nitrogen and oxygen atoms in total. The van der Waals surface area contributed by atoms with E-state index in [1.165, 1.54) is 6.20 Å². The molecule has 1 heterocycles. The minimum Gasteiger partial charge on any atom is -0.375 e. The number of hydrogen-bond donors (Lipinski definition) is 1. The number of rotatable bonds is 7. The van der Waals surface area contributed by atoms with Crippen molar-refractivity contribution in [3.63, 3.8) is 0 Å². The fraction of sp³-hybridized carbons (Fsp3) is 0.500. The summed E-state index contributed by atoms with van der Waals surface area (Å²) in [5.41, 5.74) is 1.14. The monoisotopic (exact) mass is 297 g/mol. The van der Waals surface area contributed by atoms with Crippen molar-refractivity contribution in [1.29, 1.82) is 0 Å². The van der Waals surface area contributed by atoms with Gasteiger partial charge in [0.25, 0.3) is 5.91 Å². The molecule has 1 aromatic rings. The molecule has 20 heavy (non-hydrogen) atoms. The molecule has 1 rings (SSSR count). The highest BCUT2D eigenvalue weighted by Crippen LogP contribution is 2.16. The van der Waals surface area contributed by atoms with Crippen LogP contribution in [0.3, 0.4) is 0 Å². The van der Waals surface area contributed by atoms with Crippen molar-refractivity contribution in [2.24, 2.45) is 0 Å². The van der Waals surface area contributed by atoms with Gasteiger partial charge >= 0.3 is 0 Å². The van der Waals surface area contributed by atoms with Gasteiger partial charge < -0.3 is 10.1 Å². The summed E-state index contributed by atoms with van der Waals surface area (Å²) in [5, 5.41) is 2.96. The summed E-state index contributed by atoms with van der Waals surface area (Å²) in [7, 11) is 0. The summed E-state index contributed by atoms with van der Waals surface area (Å²) in [4.78, 5) is 20.3.